The third-order valence-electron chi connectivity index (χ3n) is 5.01. The Labute approximate surface area is 194 Å². The van der Waals surface area contributed by atoms with Crippen molar-refractivity contribution in [1.82, 2.24) is 9.97 Å². The fourth-order valence-electron chi connectivity index (χ4n) is 3.47. The molecule has 2 atom stereocenters. The molecule has 184 valence electrons. The van der Waals surface area contributed by atoms with Crippen LogP contribution in [-0.2, 0) is 30.2 Å². The Morgan fingerprint density at radius 1 is 1.12 bits per heavy atom. The molecule has 0 saturated carbocycles. The Morgan fingerprint density at radius 3 is 2.35 bits per heavy atom. The number of fused-ring (bicyclic) bond motifs is 1. The topological polar surface area (TPSA) is 159 Å². The van der Waals surface area contributed by atoms with Crippen LogP contribution in [0.5, 0.6) is 6.01 Å². The summed E-state index contributed by atoms with van der Waals surface area (Å²) in [4.78, 5) is 60.7. The summed E-state index contributed by atoms with van der Waals surface area (Å²) in [6.45, 7) is 5.57. The van der Waals surface area contributed by atoms with Crippen LogP contribution in [0, 0.1) is 0 Å². The fraction of sp³-hybridized carbons (Fsp3) is 0.545. The van der Waals surface area contributed by atoms with E-state index in [1.165, 1.54) is 6.07 Å². The van der Waals surface area contributed by atoms with Crippen LogP contribution < -0.4 is 16.0 Å². The predicted octanol–water partition coefficient (Wildman–Crippen LogP) is 1.63. The number of oxime groups is 1. The molecule has 12 heteroatoms. The molecule has 0 aliphatic carbocycles. The van der Waals surface area contributed by atoms with Crippen LogP contribution in [0.4, 0.5) is 0 Å². The monoisotopic (exact) mass is 477 g/mol. The highest BCUT2D eigenvalue weighted by molar-refractivity contribution is 5.94. The highest BCUT2D eigenvalue weighted by Gasteiger charge is 2.37. The standard InChI is InChI=1S/C22H27N3O9/c1-4-7-8-12-9-16(26)33-19-17(12)18(27)23-22(24-19)34-25-13-10-14(20(28)30-5-2)32-15(11-13)21(29)31-6-3/h9,14-15H,4-8,10-11H2,1-3H3,(H,23,24,27)/b25-13-/t14-,15?/m1/s1. The van der Waals surface area contributed by atoms with Crippen LogP contribution in [0.1, 0.15) is 52.0 Å². The molecule has 0 aromatic carbocycles. The van der Waals surface area contributed by atoms with Gasteiger partial charge in [0.05, 0.1) is 18.9 Å². The number of ether oxygens (including phenoxy) is 3. The van der Waals surface area contributed by atoms with Gasteiger partial charge in [0.15, 0.2) is 12.2 Å². The van der Waals surface area contributed by atoms with E-state index in [0.717, 1.165) is 12.8 Å². The van der Waals surface area contributed by atoms with Crippen LogP contribution in [0.2, 0.25) is 0 Å². The number of rotatable bonds is 9. The molecule has 1 N–H and O–H groups in total. The first-order valence-corrected chi connectivity index (χ1v) is 11.1. The van der Waals surface area contributed by atoms with Crippen molar-refractivity contribution in [3.8, 4) is 6.01 Å². The molecule has 12 nitrogen and oxygen atoms in total. The smallest absolute Gasteiger partial charge is 0.337 e. The summed E-state index contributed by atoms with van der Waals surface area (Å²) in [5.74, 6) is -1.30. The maximum Gasteiger partial charge on any atom is 0.337 e. The van der Waals surface area contributed by atoms with Gasteiger partial charge in [-0.2, -0.15) is 4.98 Å². The van der Waals surface area contributed by atoms with E-state index in [1.54, 1.807) is 13.8 Å². The number of carbonyl (C=O) groups excluding carboxylic acids is 2. The molecule has 0 bridgehead atoms. The molecular formula is C22H27N3O9. The van der Waals surface area contributed by atoms with Crippen molar-refractivity contribution in [1.29, 1.82) is 0 Å². The van der Waals surface area contributed by atoms with E-state index in [1.807, 2.05) is 6.92 Å². The van der Waals surface area contributed by atoms with Gasteiger partial charge >= 0.3 is 23.6 Å². The number of aromatic nitrogens is 2. The Kier molecular flexibility index (Phi) is 8.52. The molecule has 0 radical (unpaired) electrons. The number of esters is 2. The summed E-state index contributed by atoms with van der Waals surface area (Å²) in [6, 6.07) is 0.968. The van der Waals surface area contributed by atoms with Crippen LogP contribution in [0.15, 0.2) is 25.2 Å². The lowest BCUT2D eigenvalue weighted by Crippen LogP contribution is -2.43. The van der Waals surface area contributed by atoms with E-state index in [4.69, 9.17) is 23.5 Å². The first-order chi connectivity index (χ1) is 16.4. The number of unbranched alkanes of at least 4 members (excludes halogenated alkanes) is 1. The van der Waals surface area contributed by atoms with Crippen molar-refractivity contribution in [2.75, 3.05) is 13.2 Å². The Morgan fingerprint density at radius 2 is 1.76 bits per heavy atom. The van der Waals surface area contributed by atoms with Crippen molar-refractivity contribution in [3.05, 3.63) is 32.4 Å². The lowest BCUT2D eigenvalue weighted by Gasteiger charge is -2.27. The minimum Gasteiger partial charge on any atom is -0.464 e. The van der Waals surface area contributed by atoms with Gasteiger partial charge in [-0.15, -0.1) is 0 Å². The first kappa shape index (κ1) is 25.1. The highest BCUT2D eigenvalue weighted by Crippen LogP contribution is 2.21. The second kappa shape index (κ2) is 11.5. The molecular weight excluding hydrogens is 450 g/mol. The summed E-state index contributed by atoms with van der Waals surface area (Å²) >= 11 is 0. The molecule has 2 aromatic heterocycles. The summed E-state index contributed by atoms with van der Waals surface area (Å²) in [5.41, 5.74) is -0.510. The van der Waals surface area contributed by atoms with Gasteiger partial charge in [-0.1, -0.05) is 18.5 Å². The molecule has 1 aliphatic rings. The second-order valence-corrected chi connectivity index (χ2v) is 7.52. The molecule has 1 fully saturated rings. The van der Waals surface area contributed by atoms with E-state index >= 15 is 0 Å². The zero-order chi connectivity index (χ0) is 24.7. The van der Waals surface area contributed by atoms with Gasteiger partial charge in [-0.05, 0) is 32.3 Å². The minimum absolute atomic E-state index is 0.00278. The average Bonchev–Trinajstić information content (AvgIpc) is 2.80. The minimum atomic E-state index is -1.08. The highest BCUT2D eigenvalue weighted by atomic mass is 16.6. The number of hydrogen-bond acceptors (Lipinski definition) is 11. The summed E-state index contributed by atoms with van der Waals surface area (Å²) < 4.78 is 20.6. The quantitative estimate of drug-likeness (QED) is 0.415. The number of hydrogen-bond donors (Lipinski definition) is 1. The Balaban J connectivity index is 1.87. The Hall–Kier alpha value is -3.54. The van der Waals surface area contributed by atoms with E-state index in [0.29, 0.717) is 17.7 Å². The molecule has 0 spiro atoms. The van der Waals surface area contributed by atoms with Crippen LogP contribution >= 0.6 is 0 Å². The van der Waals surface area contributed by atoms with Crippen LogP contribution in [-0.4, -0.2) is 53.0 Å². The molecule has 3 rings (SSSR count). The third-order valence-corrected chi connectivity index (χ3v) is 5.01. The SMILES string of the molecule is CCCCc1cc(=O)oc2nc(O/N=C3\CC(C(=O)OCC)O[C@@H](C(=O)OCC)C3)[nH]c(=O)c12. The third kappa shape index (κ3) is 6.07. The lowest BCUT2D eigenvalue weighted by atomic mass is 10.0. The zero-order valence-electron chi connectivity index (χ0n) is 19.3. The molecule has 1 unspecified atom stereocenters. The molecule has 1 aliphatic heterocycles. The molecule has 2 aromatic rings. The van der Waals surface area contributed by atoms with Gasteiger partial charge < -0.3 is 23.5 Å². The van der Waals surface area contributed by atoms with Crippen molar-refractivity contribution in [2.45, 2.75) is 65.1 Å². The molecule has 0 amide bonds. The van der Waals surface area contributed by atoms with Crippen molar-refractivity contribution in [2.24, 2.45) is 5.16 Å². The number of aryl methyl sites for hydroxylation is 1. The van der Waals surface area contributed by atoms with E-state index in [9.17, 15) is 19.2 Å². The van der Waals surface area contributed by atoms with Gasteiger partial charge in [0.25, 0.3) is 5.56 Å². The first-order valence-electron chi connectivity index (χ1n) is 11.1. The number of H-pyrrole nitrogens is 1. The number of nitrogens with one attached hydrogen (secondary N) is 1. The van der Waals surface area contributed by atoms with Crippen LogP contribution in [0.25, 0.3) is 11.1 Å². The summed E-state index contributed by atoms with van der Waals surface area (Å²) in [6.07, 6.45) is 0.0492. The second-order valence-electron chi connectivity index (χ2n) is 7.52. The largest absolute Gasteiger partial charge is 0.464 e. The molecule has 34 heavy (non-hydrogen) atoms. The van der Waals surface area contributed by atoms with E-state index < -0.39 is 35.3 Å². The van der Waals surface area contributed by atoms with Crippen molar-refractivity contribution >= 4 is 28.8 Å². The fourth-order valence-corrected chi connectivity index (χ4v) is 3.47. The van der Waals surface area contributed by atoms with E-state index in [-0.39, 0.29) is 43.2 Å². The van der Waals surface area contributed by atoms with E-state index in [2.05, 4.69) is 15.1 Å². The van der Waals surface area contributed by atoms with Crippen molar-refractivity contribution in [3.63, 3.8) is 0 Å². The average molecular weight is 477 g/mol. The molecule has 3 heterocycles. The lowest BCUT2D eigenvalue weighted by molar-refractivity contribution is -0.172. The Bertz CT molecular complexity index is 1160. The normalized spacial score (nSPS) is 19.2. The van der Waals surface area contributed by atoms with Gasteiger partial charge in [0, 0.05) is 18.9 Å². The number of carbonyl (C=O) groups is 2. The number of nitrogens with zero attached hydrogens (tertiary/aromatic N) is 2. The number of aromatic amines is 1. The predicted molar refractivity (Wildman–Crippen MR) is 119 cm³/mol. The maximum atomic E-state index is 12.6. The maximum absolute atomic E-state index is 12.6. The summed E-state index contributed by atoms with van der Waals surface area (Å²) in [7, 11) is 0. The van der Waals surface area contributed by atoms with Gasteiger partial charge in [-0.3, -0.25) is 9.78 Å². The van der Waals surface area contributed by atoms with Gasteiger partial charge in [0.1, 0.15) is 5.39 Å². The zero-order valence-corrected chi connectivity index (χ0v) is 19.3. The van der Waals surface area contributed by atoms with Gasteiger partial charge in [-0.25, -0.2) is 14.4 Å². The molecule has 1 saturated heterocycles. The van der Waals surface area contributed by atoms with Gasteiger partial charge in [0.2, 0.25) is 5.71 Å². The van der Waals surface area contributed by atoms with Crippen molar-refractivity contribution < 1.29 is 33.1 Å². The van der Waals surface area contributed by atoms with Crippen LogP contribution in [0.3, 0.4) is 0 Å². The summed E-state index contributed by atoms with van der Waals surface area (Å²) in [5, 5.41) is 4.12.